The molecule has 16 heavy (non-hydrogen) atoms. The maximum absolute atomic E-state index is 2.41. The molecule has 0 aromatic heterocycles. The minimum absolute atomic E-state index is 1.32. The van der Waals surface area contributed by atoms with Gasteiger partial charge in [0.05, 0.1) is 0 Å². The standard InChI is InChI=1S/C15H15I/c1-10-4-6-13(12(3)8-10)14-7-5-11(2)9-15(14)16/h4-9H,1-3H3. The van der Waals surface area contributed by atoms with Crippen molar-refractivity contribution in [2.45, 2.75) is 20.8 Å². The number of aryl methyl sites for hydroxylation is 3. The lowest BCUT2D eigenvalue weighted by Crippen LogP contribution is -1.88. The average molecular weight is 322 g/mol. The zero-order chi connectivity index (χ0) is 11.7. The van der Waals surface area contributed by atoms with E-state index in [-0.39, 0.29) is 0 Å². The van der Waals surface area contributed by atoms with Crippen LogP contribution < -0.4 is 0 Å². The van der Waals surface area contributed by atoms with E-state index in [1.54, 1.807) is 0 Å². The zero-order valence-electron chi connectivity index (χ0n) is 9.84. The molecule has 0 heterocycles. The molecule has 0 bridgehead atoms. The van der Waals surface area contributed by atoms with Gasteiger partial charge in [0, 0.05) is 3.57 Å². The molecule has 0 aliphatic rings. The SMILES string of the molecule is Cc1ccc(-c2ccc(C)cc2I)c(C)c1. The Balaban J connectivity index is 2.59. The van der Waals surface area contributed by atoms with Gasteiger partial charge in [0.2, 0.25) is 0 Å². The van der Waals surface area contributed by atoms with E-state index in [9.17, 15) is 0 Å². The Morgan fingerprint density at radius 3 is 1.88 bits per heavy atom. The maximum Gasteiger partial charge on any atom is 0.0211 e. The summed E-state index contributed by atoms with van der Waals surface area (Å²) in [6.45, 7) is 6.45. The summed E-state index contributed by atoms with van der Waals surface area (Å²) in [7, 11) is 0. The Morgan fingerprint density at radius 1 is 0.750 bits per heavy atom. The summed E-state index contributed by atoms with van der Waals surface area (Å²) >= 11 is 2.41. The highest BCUT2D eigenvalue weighted by Crippen LogP contribution is 2.29. The van der Waals surface area contributed by atoms with Gasteiger partial charge in [-0.3, -0.25) is 0 Å². The van der Waals surface area contributed by atoms with Crippen LogP contribution in [0.2, 0.25) is 0 Å². The lowest BCUT2D eigenvalue weighted by molar-refractivity contribution is 1.37. The molecule has 82 valence electrons. The van der Waals surface area contributed by atoms with E-state index in [1.807, 2.05) is 0 Å². The molecule has 0 aliphatic heterocycles. The van der Waals surface area contributed by atoms with Crippen molar-refractivity contribution in [3.05, 3.63) is 56.7 Å². The van der Waals surface area contributed by atoms with Gasteiger partial charge in [-0.05, 0) is 66.1 Å². The van der Waals surface area contributed by atoms with Crippen LogP contribution in [0.25, 0.3) is 11.1 Å². The molecule has 2 aromatic carbocycles. The monoisotopic (exact) mass is 322 g/mol. The van der Waals surface area contributed by atoms with Crippen molar-refractivity contribution >= 4 is 22.6 Å². The second-order valence-electron chi connectivity index (χ2n) is 4.30. The molecule has 0 fully saturated rings. The highest BCUT2D eigenvalue weighted by Gasteiger charge is 2.05. The van der Waals surface area contributed by atoms with Crippen LogP contribution in [0.15, 0.2) is 36.4 Å². The topological polar surface area (TPSA) is 0 Å². The Hall–Kier alpha value is -0.830. The molecule has 0 saturated heterocycles. The minimum atomic E-state index is 1.32. The van der Waals surface area contributed by atoms with Gasteiger partial charge in [-0.2, -0.15) is 0 Å². The molecule has 2 aromatic rings. The molecule has 2 rings (SSSR count). The summed E-state index contributed by atoms with van der Waals surface area (Å²) in [5.41, 5.74) is 6.67. The van der Waals surface area contributed by atoms with Crippen LogP contribution in [0.5, 0.6) is 0 Å². The molecule has 1 heteroatoms. The molecule has 0 aliphatic carbocycles. The summed E-state index contributed by atoms with van der Waals surface area (Å²) in [5, 5.41) is 0. The van der Waals surface area contributed by atoms with Gasteiger partial charge in [-0.15, -0.1) is 0 Å². The lowest BCUT2D eigenvalue weighted by atomic mass is 9.98. The second kappa shape index (κ2) is 4.58. The molecule has 0 saturated carbocycles. The zero-order valence-corrected chi connectivity index (χ0v) is 12.0. The predicted octanol–water partition coefficient (Wildman–Crippen LogP) is 4.88. The first-order valence-corrected chi connectivity index (χ1v) is 6.49. The van der Waals surface area contributed by atoms with Crippen molar-refractivity contribution < 1.29 is 0 Å². The summed E-state index contributed by atoms with van der Waals surface area (Å²) in [5.74, 6) is 0. The van der Waals surface area contributed by atoms with Gasteiger partial charge in [0.15, 0.2) is 0 Å². The van der Waals surface area contributed by atoms with E-state index < -0.39 is 0 Å². The maximum atomic E-state index is 2.41. The number of benzene rings is 2. The van der Waals surface area contributed by atoms with Gasteiger partial charge in [0.25, 0.3) is 0 Å². The van der Waals surface area contributed by atoms with Crippen LogP contribution in [-0.4, -0.2) is 0 Å². The Bertz CT molecular complexity index is 477. The first-order chi connectivity index (χ1) is 7.58. The summed E-state index contributed by atoms with van der Waals surface area (Å²) < 4.78 is 1.32. The van der Waals surface area contributed by atoms with Crippen LogP contribution in [-0.2, 0) is 0 Å². The minimum Gasteiger partial charge on any atom is -0.0587 e. The van der Waals surface area contributed by atoms with E-state index in [4.69, 9.17) is 0 Å². The summed E-state index contributed by atoms with van der Waals surface area (Å²) in [6, 6.07) is 13.3. The lowest BCUT2D eigenvalue weighted by Gasteiger charge is -2.10. The van der Waals surface area contributed by atoms with Gasteiger partial charge in [0.1, 0.15) is 0 Å². The van der Waals surface area contributed by atoms with E-state index in [0.29, 0.717) is 0 Å². The van der Waals surface area contributed by atoms with Crippen LogP contribution in [0, 0.1) is 24.3 Å². The molecule has 0 amide bonds. The van der Waals surface area contributed by atoms with Crippen molar-refractivity contribution in [1.29, 1.82) is 0 Å². The van der Waals surface area contributed by atoms with Crippen LogP contribution >= 0.6 is 22.6 Å². The largest absolute Gasteiger partial charge is 0.0587 e. The van der Waals surface area contributed by atoms with Crippen molar-refractivity contribution in [2.75, 3.05) is 0 Å². The van der Waals surface area contributed by atoms with E-state index >= 15 is 0 Å². The van der Waals surface area contributed by atoms with Crippen molar-refractivity contribution in [2.24, 2.45) is 0 Å². The molecule has 0 radical (unpaired) electrons. The van der Waals surface area contributed by atoms with Gasteiger partial charge >= 0.3 is 0 Å². The highest BCUT2D eigenvalue weighted by atomic mass is 127. The molecular formula is C15H15I. The number of rotatable bonds is 1. The van der Waals surface area contributed by atoms with Crippen LogP contribution in [0.1, 0.15) is 16.7 Å². The molecule has 0 N–H and O–H groups in total. The third-order valence-corrected chi connectivity index (χ3v) is 3.69. The smallest absolute Gasteiger partial charge is 0.0211 e. The first kappa shape index (κ1) is 11.6. The van der Waals surface area contributed by atoms with Crippen molar-refractivity contribution in [3.8, 4) is 11.1 Å². The van der Waals surface area contributed by atoms with Crippen molar-refractivity contribution in [1.82, 2.24) is 0 Å². The van der Waals surface area contributed by atoms with E-state index in [1.165, 1.54) is 31.4 Å². The third kappa shape index (κ3) is 2.29. The predicted molar refractivity (Wildman–Crippen MR) is 78.8 cm³/mol. The molecule has 0 unspecified atom stereocenters. The molecule has 0 spiro atoms. The number of hydrogen-bond donors (Lipinski definition) is 0. The van der Waals surface area contributed by atoms with Gasteiger partial charge in [-0.1, -0.05) is 41.5 Å². The normalized spacial score (nSPS) is 10.5. The quantitative estimate of drug-likeness (QED) is 0.656. The second-order valence-corrected chi connectivity index (χ2v) is 5.46. The summed E-state index contributed by atoms with van der Waals surface area (Å²) in [4.78, 5) is 0. The molecular weight excluding hydrogens is 307 g/mol. The number of halogens is 1. The Morgan fingerprint density at radius 2 is 1.31 bits per heavy atom. The third-order valence-electron chi connectivity index (χ3n) is 2.80. The van der Waals surface area contributed by atoms with Crippen LogP contribution in [0.4, 0.5) is 0 Å². The van der Waals surface area contributed by atoms with Gasteiger partial charge < -0.3 is 0 Å². The van der Waals surface area contributed by atoms with Crippen molar-refractivity contribution in [3.63, 3.8) is 0 Å². The Kier molecular flexibility index (Phi) is 3.33. The fraction of sp³-hybridized carbons (Fsp3) is 0.200. The first-order valence-electron chi connectivity index (χ1n) is 5.42. The van der Waals surface area contributed by atoms with Crippen LogP contribution in [0.3, 0.4) is 0 Å². The average Bonchev–Trinajstić information content (AvgIpc) is 2.19. The van der Waals surface area contributed by atoms with E-state index in [0.717, 1.165) is 0 Å². The fourth-order valence-electron chi connectivity index (χ4n) is 1.95. The highest BCUT2D eigenvalue weighted by molar-refractivity contribution is 14.1. The van der Waals surface area contributed by atoms with Gasteiger partial charge in [-0.25, -0.2) is 0 Å². The summed E-state index contributed by atoms with van der Waals surface area (Å²) in [6.07, 6.45) is 0. The van der Waals surface area contributed by atoms with E-state index in [2.05, 4.69) is 79.8 Å². The Labute approximate surface area is 111 Å². The molecule has 0 nitrogen and oxygen atoms in total. The number of hydrogen-bond acceptors (Lipinski definition) is 0. The molecule has 0 atom stereocenters. The fourth-order valence-corrected chi connectivity index (χ4v) is 2.92.